The molecule has 1 unspecified atom stereocenters. The minimum absolute atomic E-state index is 0.0800. The Kier molecular flexibility index (Phi) is 5.14. The number of ether oxygens (including phenoxy) is 1. The highest BCUT2D eigenvalue weighted by atomic mass is 32.2. The average molecular weight is 372 g/mol. The molecule has 4 rings (SSSR count). The van der Waals surface area contributed by atoms with Crippen LogP contribution < -0.4 is 0 Å². The standard InChI is InChI=1S/C22H16N2O2S/c25-21(26-16-7-2-1-5-13-27-14-6-8-16)15-20-22-18(11-12-23-20)17-9-3-4-10-19(17)24-22/h2-4,7,9-12,16,24H,13-15H2/b7-2-. The number of allylic oxidation sites excluding steroid dienone is 1. The maximum absolute atomic E-state index is 12.5. The number of pyridine rings is 1. The van der Waals surface area contributed by atoms with E-state index in [4.69, 9.17) is 4.74 Å². The predicted molar refractivity (Wildman–Crippen MR) is 109 cm³/mol. The Balaban J connectivity index is 1.56. The van der Waals surface area contributed by atoms with Gasteiger partial charge in [0.15, 0.2) is 6.10 Å². The number of H-pyrrole nitrogens is 1. The van der Waals surface area contributed by atoms with E-state index in [0.717, 1.165) is 27.6 Å². The van der Waals surface area contributed by atoms with Crippen LogP contribution >= 0.6 is 11.8 Å². The lowest BCUT2D eigenvalue weighted by Gasteiger charge is -2.09. The molecule has 3 heterocycles. The first-order valence-electron chi connectivity index (χ1n) is 8.56. The Morgan fingerprint density at radius 2 is 2.11 bits per heavy atom. The summed E-state index contributed by atoms with van der Waals surface area (Å²) in [5, 5.41) is 2.16. The van der Waals surface area contributed by atoms with Gasteiger partial charge in [0.1, 0.15) is 0 Å². The summed E-state index contributed by atoms with van der Waals surface area (Å²) >= 11 is 1.64. The van der Waals surface area contributed by atoms with E-state index in [2.05, 4.69) is 39.7 Å². The molecule has 3 aromatic rings. The topological polar surface area (TPSA) is 55.0 Å². The molecule has 0 amide bonds. The zero-order valence-electron chi connectivity index (χ0n) is 14.5. The number of carbonyl (C=O) groups excluding carboxylic acids is 1. The van der Waals surface area contributed by atoms with Crippen molar-refractivity contribution in [2.75, 3.05) is 11.5 Å². The van der Waals surface area contributed by atoms with Crippen molar-refractivity contribution in [1.82, 2.24) is 9.97 Å². The molecule has 132 valence electrons. The number of para-hydroxylation sites is 1. The van der Waals surface area contributed by atoms with Crippen molar-refractivity contribution >= 4 is 39.5 Å². The molecule has 0 bridgehead atoms. The molecule has 1 aromatic carbocycles. The quantitative estimate of drug-likeness (QED) is 0.565. The third-order valence-corrected chi connectivity index (χ3v) is 4.82. The lowest BCUT2D eigenvalue weighted by atomic mass is 10.1. The molecule has 0 radical (unpaired) electrons. The molecule has 4 nitrogen and oxygen atoms in total. The van der Waals surface area contributed by atoms with E-state index in [0.29, 0.717) is 11.4 Å². The maximum Gasteiger partial charge on any atom is 0.313 e. The second-order valence-electron chi connectivity index (χ2n) is 5.93. The number of esters is 1. The van der Waals surface area contributed by atoms with Gasteiger partial charge in [-0.25, -0.2) is 0 Å². The van der Waals surface area contributed by atoms with Crippen molar-refractivity contribution in [3.63, 3.8) is 0 Å². The molecule has 0 spiro atoms. The molecule has 1 aliphatic rings. The fraction of sp³-hybridized carbons (Fsp3) is 0.182. The van der Waals surface area contributed by atoms with Crippen LogP contribution in [0.25, 0.3) is 21.8 Å². The molecule has 1 N–H and O–H groups in total. The highest BCUT2D eigenvalue weighted by Gasteiger charge is 2.15. The van der Waals surface area contributed by atoms with Crippen molar-refractivity contribution < 1.29 is 9.53 Å². The largest absolute Gasteiger partial charge is 0.444 e. The number of carbonyl (C=O) groups is 1. The van der Waals surface area contributed by atoms with Gasteiger partial charge in [0, 0.05) is 22.5 Å². The van der Waals surface area contributed by atoms with Crippen LogP contribution in [-0.4, -0.2) is 33.5 Å². The van der Waals surface area contributed by atoms with E-state index in [-0.39, 0.29) is 12.4 Å². The van der Waals surface area contributed by atoms with Crippen LogP contribution in [0, 0.1) is 23.7 Å². The number of hydrogen-bond acceptors (Lipinski definition) is 4. The molecule has 27 heavy (non-hydrogen) atoms. The van der Waals surface area contributed by atoms with Crippen molar-refractivity contribution in [3.8, 4) is 23.7 Å². The summed E-state index contributed by atoms with van der Waals surface area (Å²) < 4.78 is 5.52. The summed E-state index contributed by atoms with van der Waals surface area (Å²) in [4.78, 5) is 20.2. The Morgan fingerprint density at radius 1 is 1.22 bits per heavy atom. The number of rotatable bonds is 3. The van der Waals surface area contributed by atoms with E-state index >= 15 is 0 Å². The molecule has 2 aromatic heterocycles. The van der Waals surface area contributed by atoms with E-state index in [1.165, 1.54) is 0 Å². The van der Waals surface area contributed by atoms with Crippen LogP contribution in [0.3, 0.4) is 0 Å². The fourth-order valence-electron chi connectivity index (χ4n) is 2.93. The summed E-state index contributed by atoms with van der Waals surface area (Å²) in [7, 11) is 0. The smallest absolute Gasteiger partial charge is 0.313 e. The zero-order chi connectivity index (χ0) is 18.5. The summed E-state index contributed by atoms with van der Waals surface area (Å²) in [5.41, 5.74) is 2.55. The van der Waals surface area contributed by atoms with Gasteiger partial charge in [-0.1, -0.05) is 41.9 Å². The monoisotopic (exact) mass is 372 g/mol. The molecule has 0 aliphatic carbocycles. The van der Waals surface area contributed by atoms with Crippen LogP contribution in [0.1, 0.15) is 5.69 Å². The Morgan fingerprint density at radius 3 is 3.07 bits per heavy atom. The van der Waals surface area contributed by atoms with E-state index in [9.17, 15) is 4.79 Å². The number of benzene rings is 1. The van der Waals surface area contributed by atoms with Crippen molar-refractivity contribution in [1.29, 1.82) is 0 Å². The number of nitrogens with zero attached hydrogens (tertiary/aromatic N) is 1. The van der Waals surface area contributed by atoms with Crippen LogP contribution in [0.15, 0.2) is 48.7 Å². The number of nitrogens with one attached hydrogen (secondary N) is 1. The van der Waals surface area contributed by atoms with Gasteiger partial charge in [0.25, 0.3) is 0 Å². The number of hydrogen-bond donors (Lipinski definition) is 1. The molecule has 5 heteroatoms. The van der Waals surface area contributed by atoms with Crippen molar-refractivity contribution in [2.45, 2.75) is 12.5 Å². The van der Waals surface area contributed by atoms with Gasteiger partial charge in [-0.15, -0.1) is 11.8 Å². The van der Waals surface area contributed by atoms with E-state index in [1.807, 2.05) is 24.3 Å². The summed E-state index contributed by atoms with van der Waals surface area (Å²) in [6.07, 6.45) is 4.62. The first-order chi connectivity index (χ1) is 13.3. The predicted octanol–water partition coefficient (Wildman–Crippen LogP) is 3.48. The van der Waals surface area contributed by atoms with Crippen LogP contribution in [-0.2, 0) is 16.0 Å². The maximum atomic E-state index is 12.5. The Labute approximate surface area is 161 Å². The number of thioether (sulfide) groups is 1. The van der Waals surface area contributed by atoms with Gasteiger partial charge in [-0.05, 0) is 24.3 Å². The molecule has 0 saturated heterocycles. The molecule has 1 atom stereocenters. The third-order valence-electron chi connectivity index (χ3n) is 4.13. The van der Waals surface area contributed by atoms with Crippen molar-refractivity contribution in [2.24, 2.45) is 0 Å². The van der Waals surface area contributed by atoms with Gasteiger partial charge in [0.2, 0.25) is 0 Å². The normalized spacial score (nSPS) is 17.4. The fourth-order valence-corrected chi connectivity index (χ4v) is 3.41. The molecule has 0 saturated carbocycles. The first-order valence-corrected chi connectivity index (χ1v) is 9.72. The summed E-state index contributed by atoms with van der Waals surface area (Å²) in [6.45, 7) is 0. The highest BCUT2D eigenvalue weighted by Crippen LogP contribution is 2.26. The molecule has 0 fully saturated rings. The van der Waals surface area contributed by atoms with Crippen LogP contribution in [0.4, 0.5) is 0 Å². The summed E-state index contributed by atoms with van der Waals surface area (Å²) in [6, 6.07) is 9.99. The second-order valence-corrected chi connectivity index (χ2v) is 6.92. The Hall–Kier alpha value is -3.15. The lowest BCUT2D eigenvalue weighted by Crippen LogP contribution is -2.17. The summed E-state index contributed by atoms with van der Waals surface area (Å²) in [5.74, 6) is 13.0. The molecular weight excluding hydrogens is 356 g/mol. The van der Waals surface area contributed by atoms with Crippen molar-refractivity contribution in [3.05, 3.63) is 54.4 Å². The van der Waals surface area contributed by atoms with Gasteiger partial charge < -0.3 is 9.72 Å². The number of fused-ring (bicyclic) bond motifs is 3. The van der Waals surface area contributed by atoms with E-state index in [1.54, 1.807) is 30.1 Å². The van der Waals surface area contributed by atoms with Gasteiger partial charge in [-0.2, -0.15) is 0 Å². The SMILES string of the molecule is O=C(Cc1nccc2c1[nH]c1ccccc12)OC1C#CCSCC#C/C=C\1. The minimum atomic E-state index is -0.590. The minimum Gasteiger partial charge on any atom is -0.444 e. The number of aromatic amines is 1. The lowest BCUT2D eigenvalue weighted by molar-refractivity contribution is -0.143. The Bertz CT molecular complexity index is 1150. The zero-order valence-corrected chi connectivity index (χ0v) is 15.3. The molecule has 1 aliphatic heterocycles. The number of aromatic nitrogens is 2. The van der Waals surface area contributed by atoms with Crippen LogP contribution in [0.2, 0.25) is 0 Å². The van der Waals surface area contributed by atoms with Crippen LogP contribution in [0.5, 0.6) is 0 Å². The average Bonchev–Trinajstić information content (AvgIpc) is 3.07. The first kappa shape index (κ1) is 17.3. The van der Waals surface area contributed by atoms with Gasteiger partial charge >= 0.3 is 5.97 Å². The van der Waals surface area contributed by atoms with Gasteiger partial charge in [0.05, 0.1) is 29.1 Å². The van der Waals surface area contributed by atoms with E-state index < -0.39 is 6.10 Å². The van der Waals surface area contributed by atoms with Gasteiger partial charge in [-0.3, -0.25) is 9.78 Å². The molecular formula is C22H16N2O2S. The second kappa shape index (κ2) is 8.03. The highest BCUT2D eigenvalue weighted by molar-refractivity contribution is 7.99. The third kappa shape index (κ3) is 4.00.